The number of H-pyrrole nitrogens is 1. The number of aromatic nitrogens is 2. The van der Waals surface area contributed by atoms with Gasteiger partial charge < -0.3 is 14.7 Å². The van der Waals surface area contributed by atoms with E-state index in [-0.39, 0.29) is 0 Å². The second-order valence-corrected chi connectivity index (χ2v) is 4.33. The van der Waals surface area contributed by atoms with Crippen molar-refractivity contribution in [3.63, 3.8) is 0 Å². The molecular weight excluding hydrogens is 226 g/mol. The van der Waals surface area contributed by atoms with Crippen molar-refractivity contribution in [1.82, 2.24) is 15.3 Å². The van der Waals surface area contributed by atoms with E-state index >= 15 is 0 Å². The van der Waals surface area contributed by atoms with Crippen molar-refractivity contribution < 1.29 is 4.42 Å². The van der Waals surface area contributed by atoms with Gasteiger partial charge in [-0.25, -0.2) is 4.98 Å². The van der Waals surface area contributed by atoms with E-state index in [2.05, 4.69) is 15.3 Å². The van der Waals surface area contributed by atoms with Crippen LogP contribution in [0.2, 0.25) is 0 Å². The van der Waals surface area contributed by atoms with Crippen LogP contribution in [0.1, 0.15) is 17.1 Å². The van der Waals surface area contributed by atoms with Crippen LogP contribution >= 0.6 is 0 Å². The lowest BCUT2D eigenvalue weighted by atomic mass is 10.3. The fraction of sp³-hybridized carbons (Fsp3) is 0.214. The van der Waals surface area contributed by atoms with Crippen LogP contribution in [0.5, 0.6) is 0 Å². The quantitative estimate of drug-likeness (QED) is 0.738. The third kappa shape index (κ3) is 2.15. The van der Waals surface area contributed by atoms with Crippen LogP contribution in [0.15, 0.2) is 41.0 Å². The molecule has 0 unspecified atom stereocenters. The van der Waals surface area contributed by atoms with Gasteiger partial charge >= 0.3 is 0 Å². The first-order chi connectivity index (χ1) is 8.83. The van der Waals surface area contributed by atoms with Crippen LogP contribution in [0, 0.1) is 6.92 Å². The van der Waals surface area contributed by atoms with Crippen molar-refractivity contribution in [2.24, 2.45) is 0 Å². The van der Waals surface area contributed by atoms with Gasteiger partial charge in [-0.2, -0.15) is 0 Å². The molecule has 0 bridgehead atoms. The summed E-state index contributed by atoms with van der Waals surface area (Å²) in [5, 5.41) is 3.32. The molecule has 0 radical (unpaired) electrons. The molecule has 0 saturated carbocycles. The number of aryl methyl sites for hydroxylation is 1. The second kappa shape index (κ2) is 4.66. The van der Waals surface area contributed by atoms with E-state index in [9.17, 15) is 0 Å². The summed E-state index contributed by atoms with van der Waals surface area (Å²) in [7, 11) is 0. The first-order valence-corrected chi connectivity index (χ1v) is 6.00. The lowest BCUT2D eigenvalue weighted by Crippen LogP contribution is -2.13. The van der Waals surface area contributed by atoms with E-state index in [0.29, 0.717) is 6.54 Å². The first kappa shape index (κ1) is 11.0. The van der Waals surface area contributed by atoms with E-state index in [1.807, 2.05) is 37.3 Å². The highest BCUT2D eigenvalue weighted by molar-refractivity contribution is 5.74. The number of fused-ring (bicyclic) bond motifs is 1. The SMILES string of the molecule is Cc1ccoc1CNCc1nc2ccccc2[nH]1. The summed E-state index contributed by atoms with van der Waals surface area (Å²) in [6.07, 6.45) is 1.72. The third-order valence-electron chi connectivity index (χ3n) is 2.98. The molecule has 0 amide bonds. The molecular formula is C14H15N3O. The molecule has 3 rings (SSSR count). The van der Waals surface area contributed by atoms with Crippen molar-refractivity contribution in [1.29, 1.82) is 0 Å². The lowest BCUT2D eigenvalue weighted by molar-refractivity contribution is 0.478. The lowest BCUT2D eigenvalue weighted by Gasteiger charge is -2.00. The van der Waals surface area contributed by atoms with Gasteiger partial charge in [-0.3, -0.25) is 0 Å². The van der Waals surface area contributed by atoms with Gasteiger partial charge in [-0.1, -0.05) is 12.1 Å². The van der Waals surface area contributed by atoms with Crippen LogP contribution in [-0.2, 0) is 13.1 Å². The average molecular weight is 241 g/mol. The number of hydrogen-bond acceptors (Lipinski definition) is 3. The van der Waals surface area contributed by atoms with Crippen LogP contribution in [0.25, 0.3) is 11.0 Å². The Kier molecular flexibility index (Phi) is 2.86. The van der Waals surface area contributed by atoms with Gasteiger partial charge in [0, 0.05) is 0 Å². The molecule has 92 valence electrons. The third-order valence-corrected chi connectivity index (χ3v) is 2.98. The average Bonchev–Trinajstić information content (AvgIpc) is 2.96. The zero-order valence-electron chi connectivity index (χ0n) is 10.2. The zero-order chi connectivity index (χ0) is 12.4. The van der Waals surface area contributed by atoms with E-state index in [0.717, 1.165) is 29.2 Å². The summed E-state index contributed by atoms with van der Waals surface area (Å²) in [5.41, 5.74) is 3.25. The number of nitrogens with zero attached hydrogens (tertiary/aromatic N) is 1. The van der Waals surface area contributed by atoms with Crippen LogP contribution in [0.4, 0.5) is 0 Å². The Balaban J connectivity index is 1.65. The summed E-state index contributed by atoms with van der Waals surface area (Å²) >= 11 is 0. The maximum Gasteiger partial charge on any atom is 0.121 e. The van der Waals surface area contributed by atoms with Gasteiger partial charge in [0.1, 0.15) is 11.6 Å². The minimum absolute atomic E-state index is 0.703. The van der Waals surface area contributed by atoms with Gasteiger partial charge in [0.15, 0.2) is 0 Å². The Morgan fingerprint density at radius 3 is 2.89 bits per heavy atom. The maximum atomic E-state index is 5.37. The normalized spacial score (nSPS) is 11.2. The number of aromatic amines is 1. The Labute approximate surface area is 105 Å². The van der Waals surface area contributed by atoms with Gasteiger partial charge in [0.2, 0.25) is 0 Å². The molecule has 0 saturated heterocycles. The minimum Gasteiger partial charge on any atom is -0.468 e. The molecule has 2 aromatic heterocycles. The number of para-hydroxylation sites is 2. The number of benzene rings is 1. The smallest absolute Gasteiger partial charge is 0.121 e. The molecule has 4 nitrogen and oxygen atoms in total. The summed E-state index contributed by atoms with van der Waals surface area (Å²) in [6, 6.07) is 10.0. The fourth-order valence-electron chi connectivity index (χ4n) is 1.97. The van der Waals surface area contributed by atoms with E-state index in [1.165, 1.54) is 5.56 Å². The predicted octanol–water partition coefficient (Wildman–Crippen LogP) is 2.75. The molecule has 0 aliphatic carbocycles. The second-order valence-electron chi connectivity index (χ2n) is 4.33. The fourth-order valence-corrected chi connectivity index (χ4v) is 1.97. The zero-order valence-corrected chi connectivity index (χ0v) is 10.2. The highest BCUT2D eigenvalue weighted by Crippen LogP contribution is 2.11. The molecule has 0 aliphatic heterocycles. The summed E-state index contributed by atoms with van der Waals surface area (Å²) in [6.45, 7) is 3.46. The topological polar surface area (TPSA) is 53.9 Å². The maximum absolute atomic E-state index is 5.37. The van der Waals surface area contributed by atoms with Gasteiger partial charge in [0.25, 0.3) is 0 Å². The summed E-state index contributed by atoms with van der Waals surface area (Å²) in [5.74, 6) is 1.92. The molecule has 2 N–H and O–H groups in total. The van der Waals surface area contributed by atoms with Gasteiger partial charge in [-0.15, -0.1) is 0 Å². The van der Waals surface area contributed by atoms with Crippen molar-refractivity contribution >= 4 is 11.0 Å². The van der Waals surface area contributed by atoms with E-state index < -0.39 is 0 Å². The van der Waals surface area contributed by atoms with Crippen molar-refractivity contribution in [3.8, 4) is 0 Å². The Morgan fingerprint density at radius 2 is 2.11 bits per heavy atom. The molecule has 0 atom stereocenters. The molecule has 0 spiro atoms. The number of furan rings is 1. The summed E-state index contributed by atoms with van der Waals surface area (Å²) < 4.78 is 5.37. The van der Waals surface area contributed by atoms with Gasteiger partial charge in [-0.05, 0) is 30.7 Å². The van der Waals surface area contributed by atoms with Crippen molar-refractivity contribution in [2.45, 2.75) is 20.0 Å². The highest BCUT2D eigenvalue weighted by atomic mass is 16.3. The van der Waals surface area contributed by atoms with Gasteiger partial charge in [0.05, 0.1) is 30.4 Å². The molecule has 1 aromatic carbocycles. The van der Waals surface area contributed by atoms with E-state index in [4.69, 9.17) is 4.42 Å². The number of nitrogens with one attached hydrogen (secondary N) is 2. The Bertz CT molecular complexity index is 621. The Morgan fingerprint density at radius 1 is 1.22 bits per heavy atom. The molecule has 0 aliphatic rings. The van der Waals surface area contributed by atoms with Crippen molar-refractivity contribution in [3.05, 3.63) is 53.7 Å². The number of rotatable bonds is 4. The van der Waals surface area contributed by atoms with E-state index in [1.54, 1.807) is 6.26 Å². The Hall–Kier alpha value is -2.07. The monoisotopic (exact) mass is 241 g/mol. The highest BCUT2D eigenvalue weighted by Gasteiger charge is 2.03. The summed E-state index contributed by atoms with van der Waals surface area (Å²) in [4.78, 5) is 7.79. The number of hydrogen-bond donors (Lipinski definition) is 2. The van der Waals surface area contributed by atoms with Crippen LogP contribution in [-0.4, -0.2) is 9.97 Å². The molecule has 4 heteroatoms. The first-order valence-electron chi connectivity index (χ1n) is 6.00. The largest absolute Gasteiger partial charge is 0.468 e. The van der Waals surface area contributed by atoms with Crippen LogP contribution < -0.4 is 5.32 Å². The minimum atomic E-state index is 0.703. The standard InChI is InChI=1S/C14H15N3O/c1-10-6-7-18-13(10)8-15-9-14-16-11-4-2-3-5-12(11)17-14/h2-7,15H,8-9H2,1H3,(H,16,17). The van der Waals surface area contributed by atoms with Crippen molar-refractivity contribution in [2.75, 3.05) is 0 Å². The number of imidazole rings is 1. The van der Waals surface area contributed by atoms with Crippen LogP contribution in [0.3, 0.4) is 0 Å². The molecule has 18 heavy (non-hydrogen) atoms. The molecule has 3 aromatic rings. The molecule has 2 heterocycles. The predicted molar refractivity (Wildman–Crippen MR) is 70.1 cm³/mol. The molecule has 0 fully saturated rings.